The Morgan fingerprint density at radius 3 is 2.62 bits per heavy atom. The summed E-state index contributed by atoms with van der Waals surface area (Å²) in [6, 6.07) is 7.93. The van der Waals surface area contributed by atoms with Gasteiger partial charge >= 0.3 is 0 Å². The van der Waals surface area contributed by atoms with E-state index in [-0.39, 0.29) is 11.9 Å². The van der Waals surface area contributed by atoms with E-state index in [9.17, 15) is 4.39 Å². The van der Waals surface area contributed by atoms with Crippen LogP contribution in [-0.4, -0.2) is 45.1 Å². The summed E-state index contributed by atoms with van der Waals surface area (Å²) < 4.78 is 15.2. The molecule has 0 spiro atoms. The van der Waals surface area contributed by atoms with Gasteiger partial charge in [0.05, 0.1) is 12.2 Å². The highest BCUT2D eigenvalue weighted by molar-refractivity contribution is 5.23. The molecule has 1 aliphatic heterocycles. The second-order valence-electron chi connectivity index (χ2n) is 7.13. The minimum atomic E-state index is -0.178. The zero-order valence-electron chi connectivity index (χ0n) is 13.8. The summed E-state index contributed by atoms with van der Waals surface area (Å²) in [6.45, 7) is 2.05. The quantitative estimate of drug-likeness (QED) is 0.939. The lowest BCUT2D eigenvalue weighted by molar-refractivity contribution is 0.119. The lowest BCUT2D eigenvalue weighted by Gasteiger charge is -2.38. The number of hydrogen-bond acceptors (Lipinski definition) is 4. The molecule has 2 heterocycles. The van der Waals surface area contributed by atoms with Crippen LogP contribution in [0.3, 0.4) is 0 Å². The SMILES string of the molecule is NC1CCCN(C2CC(c3ccc(F)cc3)CC2n2ccnn2)C1. The molecule has 2 aliphatic rings. The minimum Gasteiger partial charge on any atom is -0.327 e. The molecule has 0 amide bonds. The van der Waals surface area contributed by atoms with Crippen LogP contribution in [0.15, 0.2) is 36.7 Å². The molecule has 4 atom stereocenters. The highest BCUT2D eigenvalue weighted by atomic mass is 19.1. The molecule has 1 aromatic heterocycles. The first-order valence-electron chi connectivity index (χ1n) is 8.81. The van der Waals surface area contributed by atoms with Crippen LogP contribution in [0.4, 0.5) is 4.39 Å². The van der Waals surface area contributed by atoms with Gasteiger partial charge in [0, 0.05) is 24.8 Å². The molecule has 1 saturated heterocycles. The fourth-order valence-electron chi connectivity index (χ4n) is 4.41. The highest BCUT2D eigenvalue weighted by Crippen LogP contribution is 2.43. The van der Waals surface area contributed by atoms with Gasteiger partial charge in [-0.25, -0.2) is 9.07 Å². The van der Waals surface area contributed by atoms with Crippen molar-refractivity contribution in [2.24, 2.45) is 5.73 Å². The van der Waals surface area contributed by atoms with Crippen molar-refractivity contribution in [3.05, 3.63) is 48.0 Å². The summed E-state index contributed by atoms with van der Waals surface area (Å²) in [5, 5.41) is 8.24. The molecule has 5 nitrogen and oxygen atoms in total. The number of likely N-dealkylation sites (tertiary alicyclic amines) is 1. The Morgan fingerprint density at radius 2 is 1.92 bits per heavy atom. The van der Waals surface area contributed by atoms with Crippen LogP contribution in [0.25, 0.3) is 0 Å². The van der Waals surface area contributed by atoms with Crippen molar-refractivity contribution >= 4 is 0 Å². The molecule has 1 saturated carbocycles. The van der Waals surface area contributed by atoms with Crippen molar-refractivity contribution in [3.63, 3.8) is 0 Å². The normalized spacial score (nSPS) is 31.4. The summed E-state index contributed by atoms with van der Waals surface area (Å²) in [5.41, 5.74) is 7.41. The molecule has 1 aliphatic carbocycles. The third kappa shape index (κ3) is 3.08. The monoisotopic (exact) mass is 329 g/mol. The molecule has 128 valence electrons. The van der Waals surface area contributed by atoms with Crippen molar-refractivity contribution in [1.29, 1.82) is 0 Å². The molecule has 2 N–H and O–H groups in total. The third-order valence-electron chi connectivity index (χ3n) is 5.58. The molecule has 0 bridgehead atoms. The van der Waals surface area contributed by atoms with E-state index in [1.165, 1.54) is 5.56 Å². The van der Waals surface area contributed by atoms with Gasteiger partial charge < -0.3 is 5.73 Å². The van der Waals surface area contributed by atoms with Crippen molar-refractivity contribution < 1.29 is 4.39 Å². The summed E-state index contributed by atoms with van der Waals surface area (Å²) >= 11 is 0. The van der Waals surface area contributed by atoms with Crippen LogP contribution in [0.1, 0.15) is 43.2 Å². The largest absolute Gasteiger partial charge is 0.327 e. The maximum atomic E-state index is 13.2. The Bertz CT molecular complexity index is 657. The van der Waals surface area contributed by atoms with E-state index < -0.39 is 0 Å². The fraction of sp³-hybridized carbons (Fsp3) is 0.556. The smallest absolute Gasteiger partial charge is 0.123 e. The number of rotatable bonds is 3. The molecular weight excluding hydrogens is 305 g/mol. The highest BCUT2D eigenvalue weighted by Gasteiger charge is 2.40. The number of halogens is 1. The van der Waals surface area contributed by atoms with Gasteiger partial charge in [-0.15, -0.1) is 5.10 Å². The molecule has 24 heavy (non-hydrogen) atoms. The van der Waals surface area contributed by atoms with E-state index in [1.807, 2.05) is 23.0 Å². The van der Waals surface area contributed by atoms with Crippen LogP contribution in [-0.2, 0) is 0 Å². The fourth-order valence-corrected chi connectivity index (χ4v) is 4.41. The molecular formula is C18H24FN5. The van der Waals surface area contributed by atoms with Crippen molar-refractivity contribution in [2.45, 2.75) is 49.7 Å². The second-order valence-corrected chi connectivity index (χ2v) is 7.13. The minimum absolute atomic E-state index is 0.178. The molecule has 1 aromatic carbocycles. The van der Waals surface area contributed by atoms with Crippen LogP contribution in [0.2, 0.25) is 0 Å². The zero-order chi connectivity index (χ0) is 16.5. The molecule has 2 aromatic rings. The van der Waals surface area contributed by atoms with Crippen molar-refractivity contribution in [3.8, 4) is 0 Å². The number of hydrogen-bond donors (Lipinski definition) is 1. The van der Waals surface area contributed by atoms with Crippen molar-refractivity contribution in [1.82, 2.24) is 19.9 Å². The molecule has 2 fully saturated rings. The average molecular weight is 329 g/mol. The third-order valence-corrected chi connectivity index (χ3v) is 5.58. The summed E-state index contributed by atoms with van der Waals surface area (Å²) in [6.07, 6.45) is 8.02. The van der Waals surface area contributed by atoms with E-state index in [4.69, 9.17) is 5.73 Å². The van der Waals surface area contributed by atoms with Gasteiger partial charge in [-0.2, -0.15) is 0 Å². The molecule has 0 radical (unpaired) electrons. The van der Waals surface area contributed by atoms with E-state index in [0.717, 1.165) is 38.8 Å². The lowest BCUT2D eigenvalue weighted by atomic mass is 9.97. The molecule has 6 heteroatoms. The van der Waals surface area contributed by atoms with Gasteiger partial charge in [0.15, 0.2) is 0 Å². The predicted molar refractivity (Wildman–Crippen MR) is 90.0 cm³/mol. The van der Waals surface area contributed by atoms with Gasteiger partial charge in [-0.05, 0) is 55.8 Å². The summed E-state index contributed by atoms with van der Waals surface area (Å²) in [7, 11) is 0. The first-order chi connectivity index (χ1) is 11.7. The van der Waals surface area contributed by atoms with Crippen LogP contribution in [0, 0.1) is 5.82 Å². The van der Waals surface area contributed by atoms with Gasteiger partial charge in [0.1, 0.15) is 5.82 Å². The van der Waals surface area contributed by atoms with Crippen LogP contribution < -0.4 is 5.73 Å². The lowest BCUT2D eigenvalue weighted by Crippen LogP contribution is -2.49. The Morgan fingerprint density at radius 1 is 1.12 bits per heavy atom. The summed E-state index contributed by atoms with van der Waals surface area (Å²) in [4.78, 5) is 2.53. The van der Waals surface area contributed by atoms with Crippen molar-refractivity contribution in [2.75, 3.05) is 13.1 Å². The number of nitrogens with zero attached hydrogens (tertiary/aromatic N) is 4. The van der Waals surface area contributed by atoms with Gasteiger partial charge in [-0.1, -0.05) is 17.3 Å². The standard InChI is InChI=1S/C18H24FN5/c19-15-5-3-13(4-6-15)14-10-17(23-8-1-2-16(20)12-23)18(11-14)24-9-7-21-22-24/h3-7,9,14,16-18H,1-2,8,10-12,20H2. The zero-order valence-corrected chi connectivity index (χ0v) is 13.8. The summed E-state index contributed by atoms with van der Waals surface area (Å²) in [5.74, 6) is 0.242. The van der Waals surface area contributed by atoms with Crippen LogP contribution in [0.5, 0.6) is 0 Å². The average Bonchev–Trinajstić information content (AvgIpc) is 3.25. The number of piperidine rings is 1. The number of nitrogens with two attached hydrogens (primary N) is 1. The maximum Gasteiger partial charge on any atom is 0.123 e. The van der Waals surface area contributed by atoms with Gasteiger partial charge in [-0.3, -0.25) is 4.90 Å². The van der Waals surface area contributed by atoms with E-state index >= 15 is 0 Å². The topological polar surface area (TPSA) is 60.0 Å². The van der Waals surface area contributed by atoms with Gasteiger partial charge in [0.2, 0.25) is 0 Å². The number of benzene rings is 1. The Balaban J connectivity index is 1.59. The van der Waals surface area contributed by atoms with E-state index in [1.54, 1.807) is 18.3 Å². The number of aromatic nitrogens is 3. The Labute approximate surface area is 141 Å². The van der Waals surface area contributed by atoms with Crippen LogP contribution >= 0.6 is 0 Å². The van der Waals surface area contributed by atoms with E-state index in [0.29, 0.717) is 18.0 Å². The maximum absolute atomic E-state index is 13.2. The first-order valence-corrected chi connectivity index (χ1v) is 8.81. The predicted octanol–water partition coefficient (Wildman–Crippen LogP) is 2.33. The Hall–Kier alpha value is -1.79. The first kappa shape index (κ1) is 15.7. The molecule has 4 unspecified atom stereocenters. The van der Waals surface area contributed by atoms with E-state index in [2.05, 4.69) is 15.2 Å². The second kappa shape index (κ2) is 6.61. The van der Waals surface area contributed by atoms with Gasteiger partial charge in [0.25, 0.3) is 0 Å². The molecule has 4 rings (SSSR count). The Kier molecular flexibility index (Phi) is 4.33.